The quantitative estimate of drug-likeness (QED) is 0.0825. The second-order valence-corrected chi connectivity index (χ2v) is 12.1. The van der Waals surface area contributed by atoms with Crippen LogP contribution in [0.1, 0.15) is 117 Å². The van der Waals surface area contributed by atoms with Crippen molar-refractivity contribution in [3.63, 3.8) is 0 Å². The molecule has 1 aromatic rings. The van der Waals surface area contributed by atoms with Gasteiger partial charge in [-0.2, -0.15) is 0 Å². The number of aromatic nitrogens is 1. The molecule has 0 bridgehead atoms. The van der Waals surface area contributed by atoms with Crippen LogP contribution < -0.4 is 5.09 Å². The molecule has 0 saturated carbocycles. The highest BCUT2D eigenvalue weighted by molar-refractivity contribution is 7.55. The summed E-state index contributed by atoms with van der Waals surface area (Å²) in [6.07, 6.45) is 18.5. The zero-order valence-corrected chi connectivity index (χ0v) is 25.3. The van der Waals surface area contributed by atoms with Gasteiger partial charge in [-0.05, 0) is 12.8 Å². The Kier molecular flexibility index (Phi) is 19.3. The Hall–Kier alpha value is 0.260. The van der Waals surface area contributed by atoms with Crippen molar-refractivity contribution in [1.82, 2.24) is 4.98 Å². The summed E-state index contributed by atoms with van der Waals surface area (Å²) in [5, 5.41) is 2.72. The lowest BCUT2D eigenvalue weighted by Crippen LogP contribution is -2.08. The maximum absolute atomic E-state index is 13.5. The van der Waals surface area contributed by atoms with E-state index in [2.05, 4.69) is 23.9 Å². The minimum Gasteiger partial charge on any atom is -0.292 e. The van der Waals surface area contributed by atoms with Crippen LogP contribution in [-0.2, 0) is 13.6 Å². The molecule has 1 heterocycles. The number of rotatable bonds is 22. The second-order valence-electron chi connectivity index (χ2n) is 8.92. The van der Waals surface area contributed by atoms with Crippen molar-refractivity contribution in [3.05, 3.63) is 20.4 Å². The molecule has 0 unspecified atom stereocenters. The van der Waals surface area contributed by atoms with Crippen molar-refractivity contribution < 1.29 is 13.6 Å². The van der Waals surface area contributed by atoms with Crippen LogP contribution in [0.3, 0.4) is 0 Å². The van der Waals surface area contributed by atoms with Gasteiger partial charge in [-0.25, -0.2) is 9.55 Å². The molecule has 10 heteroatoms. The maximum Gasteiger partial charge on any atom is 0.432 e. The summed E-state index contributed by atoms with van der Waals surface area (Å²) in [7, 11) is -3.74. The van der Waals surface area contributed by atoms with E-state index >= 15 is 0 Å². The van der Waals surface area contributed by atoms with Crippen LogP contribution in [-0.4, -0.2) is 18.2 Å². The SMILES string of the molecule is CCCCCCCCCCOP(=O)(Nc1c(Cl)c(Cl)nc(Cl)c1Cl)OCCCCCCCCCC. The first-order chi connectivity index (χ1) is 16.8. The first kappa shape index (κ1) is 33.3. The molecule has 0 amide bonds. The predicted octanol–water partition coefficient (Wildman–Crippen LogP) is 11.5. The van der Waals surface area contributed by atoms with E-state index in [9.17, 15) is 4.57 Å². The molecule has 204 valence electrons. The average molecular weight is 592 g/mol. The van der Waals surface area contributed by atoms with Gasteiger partial charge in [0.05, 0.1) is 18.9 Å². The number of unbranched alkanes of at least 4 members (excludes halogenated alkanes) is 14. The molecular weight excluding hydrogens is 549 g/mol. The van der Waals surface area contributed by atoms with Crippen LogP contribution in [0.25, 0.3) is 0 Å². The third-order valence-electron chi connectivity index (χ3n) is 5.76. The van der Waals surface area contributed by atoms with Gasteiger partial charge in [-0.15, -0.1) is 0 Å². The molecule has 1 aromatic heterocycles. The Morgan fingerprint density at radius 1 is 0.629 bits per heavy atom. The highest BCUT2D eigenvalue weighted by atomic mass is 35.5. The first-order valence-corrected chi connectivity index (χ1v) is 16.3. The number of halogens is 4. The standard InChI is InChI=1S/C25H43Cl4N2O3P/c1-3-5-7-9-11-13-15-17-19-33-35(32,34-20-18-16-14-12-10-8-6-4-2)31-23-21(26)24(28)30-25(29)22(23)27/h3-20H2,1-2H3,(H,30,31,32). The van der Waals surface area contributed by atoms with Crippen molar-refractivity contribution in [3.8, 4) is 0 Å². The van der Waals surface area contributed by atoms with Gasteiger partial charge in [-0.3, -0.25) is 14.1 Å². The largest absolute Gasteiger partial charge is 0.432 e. The molecule has 1 N–H and O–H groups in total. The Bertz CT molecular complexity index is 704. The lowest BCUT2D eigenvalue weighted by Gasteiger charge is -2.22. The van der Waals surface area contributed by atoms with Gasteiger partial charge < -0.3 is 0 Å². The molecule has 0 aromatic carbocycles. The smallest absolute Gasteiger partial charge is 0.292 e. The van der Waals surface area contributed by atoms with Crippen molar-refractivity contribution in [2.45, 2.75) is 117 Å². The third kappa shape index (κ3) is 14.7. The van der Waals surface area contributed by atoms with Crippen molar-refractivity contribution in [2.75, 3.05) is 18.3 Å². The van der Waals surface area contributed by atoms with Crippen LogP contribution in [0.4, 0.5) is 5.69 Å². The summed E-state index contributed by atoms with van der Waals surface area (Å²) < 4.78 is 25.0. The monoisotopic (exact) mass is 590 g/mol. The van der Waals surface area contributed by atoms with Crippen LogP contribution in [0.15, 0.2) is 0 Å². The molecule has 0 spiro atoms. The summed E-state index contributed by atoms with van der Waals surface area (Å²) in [6, 6.07) is 0. The van der Waals surface area contributed by atoms with Crippen LogP contribution in [0.2, 0.25) is 20.4 Å². The molecule has 0 atom stereocenters. The van der Waals surface area contributed by atoms with Crippen molar-refractivity contribution in [1.29, 1.82) is 0 Å². The van der Waals surface area contributed by atoms with E-state index in [1.807, 2.05) is 0 Å². The average Bonchev–Trinajstić information content (AvgIpc) is 2.83. The minimum absolute atomic E-state index is 0.0210. The number of anilines is 1. The van der Waals surface area contributed by atoms with Crippen molar-refractivity contribution >= 4 is 59.8 Å². The Morgan fingerprint density at radius 2 is 0.971 bits per heavy atom. The van der Waals surface area contributed by atoms with Crippen LogP contribution in [0, 0.1) is 0 Å². The Labute approximate surface area is 232 Å². The van der Waals surface area contributed by atoms with Gasteiger partial charge in [0.25, 0.3) is 0 Å². The fourth-order valence-electron chi connectivity index (χ4n) is 3.67. The number of nitrogens with zero attached hydrogens (tertiary/aromatic N) is 1. The Balaban J connectivity index is 2.58. The predicted molar refractivity (Wildman–Crippen MR) is 153 cm³/mol. The fourth-order valence-corrected chi connectivity index (χ4v) is 6.05. The second kappa shape index (κ2) is 20.3. The van der Waals surface area contributed by atoms with Gasteiger partial charge >= 0.3 is 7.75 Å². The maximum atomic E-state index is 13.5. The molecule has 0 aliphatic heterocycles. The summed E-state index contributed by atoms with van der Waals surface area (Å²) in [5.41, 5.74) is 0.105. The van der Waals surface area contributed by atoms with E-state index in [4.69, 9.17) is 55.5 Å². The Morgan fingerprint density at radius 3 is 1.34 bits per heavy atom. The summed E-state index contributed by atoms with van der Waals surface area (Å²) in [6.45, 7) is 5.04. The van der Waals surface area contributed by atoms with E-state index in [-0.39, 0.29) is 26.0 Å². The van der Waals surface area contributed by atoms with E-state index in [0.29, 0.717) is 13.2 Å². The third-order valence-corrected chi connectivity index (χ3v) is 8.78. The highest BCUT2D eigenvalue weighted by Crippen LogP contribution is 2.52. The summed E-state index contributed by atoms with van der Waals surface area (Å²) >= 11 is 24.6. The number of hydrogen-bond acceptors (Lipinski definition) is 4. The molecular formula is C25H43Cl4N2O3P. The number of hydrogen-bond donors (Lipinski definition) is 1. The fraction of sp³-hybridized carbons (Fsp3) is 0.800. The lowest BCUT2D eigenvalue weighted by molar-refractivity contribution is 0.201. The van der Waals surface area contributed by atoms with Crippen LogP contribution >= 0.6 is 54.2 Å². The van der Waals surface area contributed by atoms with Gasteiger partial charge in [0, 0.05) is 0 Å². The topological polar surface area (TPSA) is 60.5 Å². The van der Waals surface area contributed by atoms with Gasteiger partial charge in [-0.1, -0.05) is 150 Å². The summed E-state index contributed by atoms with van der Waals surface area (Å²) in [4.78, 5) is 3.86. The molecule has 0 aliphatic rings. The molecule has 35 heavy (non-hydrogen) atoms. The highest BCUT2D eigenvalue weighted by Gasteiger charge is 2.29. The van der Waals surface area contributed by atoms with E-state index in [1.54, 1.807) is 0 Å². The van der Waals surface area contributed by atoms with Gasteiger partial charge in [0.2, 0.25) is 0 Å². The number of nitrogens with one attached hydrogen (secondary N) is 1. The molecule has 0 fully saturated rings. The minimum atomic E-state index is -3.74. The van der Waals surface area contributed by atoms with Gasteiger partial charge in [0.1, 0.15) is 10.0 Å². The van der Waals surface area contributed by atoms with Crippen molar-refractivity contribution in [2.24, 2.45) is 0 Å². The zero-order chi connectivity index (χ0) is 25.9. The molecule has 5 nitrogen and oxygen atoms in total. The molecule has 0 radical (unpaired) electrons. The normalized spacial score (nSPS) is 11.8. The lowest BCUT2D eigenvalue weighted by atomic mass is 10.1. The van der Waals surface area contributed by atoms with Gasteiger partial charge in [0.15, 0.2) is 10.3 Å². The molecule has 1 rings (SSSR count). The summed E-state index contributed by atoms with van der Waals surface area (Å²) in [5.74, 6) is 0. The van der Waals surface area contributed by atoms with Crippen LogP contribution in [0.5, 0.6) is 0 Å². The van der Waals surface area contributed by atoms with E-state index < -0.39 is 7.75 Å². The zero-order valence-electron chi connectivity index (χ0n) is 21.4. The first-order valence-electron chi connectivity index (χ1n) is 13.2. The molecule has 0 saturated heterocycles. The number of pyridine rings is 1. The van der Waals surface area contributed by atoms with E-state index in [1.165, 1.54) is 64.2 Å². The molecule has 0 aliphatic carbocycles. The van der Waals surface area contributed by atoms with E-state index in [0.717, 1.165) is 38.5 Å².